The minimum Gasteiger partial charge on any atom is -0.376 e. The largest absolute Gasteiger partial charge is 0.376 e. The van der Waals surface area contributed by atoms with Crippen molar-refractivity contribution in [2.75, 3.05) is 18.1 Å². The molecule has 1 saturated carbocycles. The Morgan fingerprint density at radius 3 is 2.72 bits per heavy atom. The van der Waals surface area contributed by atoms with Gasteiger partial charge in [-0.25, -0.2) is 14.4 Å². The molecule has 18 heavy (non-hydrogen) atoms. The summed E-state index contributed by atoms with van der Waals surface area (Å²) in [5.41, 5.74) is 0.915. The number of alkyl halides is 1. The summed E-state index contributed by atoms with van der Waals surface area (Å²) in [6.07, 6.45) is 4.09. The zero-order valence-corrected chi connectivity index (χ0v) is 10.6. The van der Waals surface area contributed by atoms with E-state index in [1.807, 2.05) is 13.0 Å². The molecular formula is C13H18FN3O. The topological polar surface area (TPSA) is 38.2 Å². The third-order valence-corrected chi connectivity index (χ3v) is 3.86. The smallest absolute Gasteiger partial charge is 0.146 e. The molecule has 98 valence electrons. The molecule has 5 heteroatoms. The number of hydrogen-bond donors (Lipinski definition) is 0. The first-order valence-electron chi connectivity index (χ1n) is 6.54. The molecular weight excluding hydrogens is 233 g/mol. The maximum absolute atomic E-state index is 13.9. The Bertz CT molecular complexity index is 424. The monoisotopic (exact) mass is 251 g/mol. The maximum Gasteiger partial charge on any atom is 0.146 e. The van der Waals surface area contributed by atoms with Crippen LogP contribution in [-0.2, 0) is 4.74 Å². The zero-order chi connectivity index (χ0) is 12.5. The lowest BCUT2D eigenvalue weighted by atomic mass is 9.90. The molecule has 2 atom stereocenters. The molecule has 1 aliphatic heterocycles. The van der Waals surface area contributed by atoms with Gasteiger partial charge in [0.05, 0.1) is 19.3 Å². The first-order chi connectivity index (χ1) is 8.75. The van der Waals surface area contributed by atoms with Gasteiger partial charge in [-0.2, -0.15) is 0 Å². The standard InChI is InChI=1S/C13H18FN3O/c1-9-5-13(16-8-15-9)17(10-3-2-4-10)12-7-18-6-11(12)14/h5,8,10-12H,2-4,6-7H2,1H3/t11-,12-/m1/s1. The molecule has 0 aromatic carbocycles. The van der Waals surface area contributed by atoms with Crippen LogP contribution < -0.4 is 4.90 Å². The van der Waals surface area contributed by atoms with Crippen LogP contribution in [0.25, 0.3) is 0 Å². The predicted molar refractivity (Wildman–Crippen MR) is 66.4 cm³/mol. The van der Waals surface area contributed by atoms with Gasteiger partial charge in [-0.1, -0.05) is 0 Å². The van der Waals surface area contributed by atoms with Gasteiger partial charge in [0.25, 0.3) is 0 Å². The van der Waals surface area contributed by atoms with E-state index < -0.39 is 6.17 Å². The first-order valence-corrected chi connectivity index (χ1v) is 6.54. The van der Waals surface area contributed by atoms with Crippen LogP contribution in [0.2, 0.25) is 0 Å². The first kappa shape index (κ1) is 11.8. The number of hydrogen-bond acceptors (Lipinski definition) is 4. The van der Waals surface area contributed by atoms with Crippen LogP contribution in [0.4, 0.5) is 10.2 Å². The molecule has 1 saturated heterocycles. The van der Waals surface area contributed by atoms with Crippen molar-refractivity contribution in [3.63, 3.8) is 0 Å². The molecule has 0 unspecified atom stereocenters. The molecule has 2 aliphatic rings. The van der Waals surface area contributed by atoms with Crippen LogP contribution >= 0.6 is 0 Å². The van der Waals surface area contributed by atoms with Crippen LogP contribution in [0.15, 0.2) is 12.4 Å². The molecule has 0 spiro atoms. The van der Waals surface area contributed by atoms with Gasteiger partial charge in [0, 0.05) is 17.8 Å². The summed E-state index contributed by atoms with van der Waals surface area (Å²) >= 11 is 0. The summed E-state index contributed by atoms with van der Waals surface area (Å²) in [6.45, 7) is 2.60. The van der Waals surface area contributed by atoms with Gasteiger partial charge in [0.1, 0.15) is 18.3 Å². The summed E-state index contributed by atoms with van der Waals surface area (Å²) in [7, 11) is 0. The predicted octanol–water partition coefficient (Wildman–Crippen LogP) is 1.88. The number of aromatic nitrogens is 2. The Kier molecular flexibility index (Phi) is 3.16. The van der Waals surface area contributed by atoms with Crippen molar-refractivity contribution in [2.24, 2.45) is 0 Å². The summed E-state index contributed by atoms with van der Waals surface area (Å²) in [6, 6.07) is 2.15. The van der Waals surface area contributed by atoms with Crippen molar-refractivity contribution >= 4 is 5.82 Å². The van der Waals surface area contributed by atoms with Crippen LogP contribution in [-0.4, -0.2) is 41.4 Å². The highest BCUT2D eigenvalue weighted by atomic mass is 19.1. The Labute approximate surface area is 106 Å². The third kappa shape index (κ3) is 2.07. The number of halogens is 1. The Morgan fingerprint density at radius 2 is 2.17 bits per heavy atom. The van der Waals surface area contributed by atoms with Gasteiger partial charge in [0.15, 0.2) is 0 Å². The number of aryl methyl sites for hydroxylation is 1. The summed E-state index contributed by atoms with van der Waals surface area (Å²) < 4.78 is 19.2. The van der Waals surface area contributed by atoms with Crippen LogP contribution in [0, 0.1) is 6.92 Å². The minimum absolute atomic E-state index is 0.190. The molecule has 2 fully saturated rings. The Hall–Kier alpha value is -1.23. The second-order valence-electron chi connectivity index (χ2n) is 5.13. The minimum atomic E-state index is -0.916. The lowest BCUT2D eigenvalue weighted by Crippen LogP contribution is -2.51. The molecule has 1 aliphatic carbocycles. The van der Waals surface area contributed by atoms with E-state index in [4.69, 9.17) is 4.74 Å². The molecule has 1 aromatic heterocycles. The molecule has 3 rings (SSSR count). The van der Waals surface area contributed by atoms with Gasteiger partial charge >= 0.3 is 0 Å². The van der Waals surface area contributed by atoms with Crippen LogP contribution in [0.5, 0.6) is 0 Å². The number of anilines is 1. The van der Waals surface area contributed by atoms with Crippen LogP contribution in [0.3, 0.4) is 0 Å². The average molecular weight is 251 g/mol. The van der Waals surface area contributed by atoms with E-state index in [0.29, 0.717) is 12.6 Å². The van der Waals surface area contributed by atoms with Crippen molar-refractivity contribution in [2.45, 2.75) is 44.4 Å². The summed E-state index contributed by atoms with van der Waals surface area (Å²) in [5, 5.41) is 0. The third-order valence-electron chi connectivity index (χ3n) is 3.86. The van der Waals surface area contributed by atoms with Gasteiger partial charge in [-0.05, 0) is 26.2 Å². The van der Waals surface area contributed by atoms with Crippen molar-refractivity contribution in [3.8, 4) is 0 Å². The second kappa shape index (κ2) is 4.80. The van der Waals surface area contributed by atoms with Gasteiger partial charge in [0.2, 0.25) is 0 Å². The van der Waals surface area contributed by atoms with Crippen LogP contribution in [0.1, 0.15) is 25.0 Å². The fraction of sp³-hybridized carbons (Fsp3) is 0.692. The summed E-state index contributed by atoms with van der Waals surface area (Å²) in [4.78, 5) is 10.5. The highest BCUT2D eigenvalue weighted by Gasteiger charge is 2.39. The molecule has 0 bridgehead atoms. The fourth-order valence-corrected chi connectivity index (χ4v) is 2.65. The molecule has 1 aromatic rings. The quantitative estimate of drug-likeness (QED) is 0.822. The van der Waals surface area contributed by atoms with Crippen molar-refractivity contribution in [1.82, 2.24) is 9.97 Å². The number of rotatable bonds is 3. The van der Waals surface area contributed by atoms with E-state index >= 15 is 0 Å². The van der Waals surface area contributed by atoms with E-state index in [0.717, 1.165) is 24.4 Å². The maximum atomic E-state index is 13.9. The summed E-state index contributed by atoms with van der Waals surface area (Å²) in [5.74, 6) is 0.838. The van der Waals surface area contributed by atoms with Crippen molar-refractivity contribution < 1.29 is 9.13 Å². The lowest BCUT2D eigenvalue weighted by molar-refractivity contribution is 0.172. The molecule has 0 N–H and O–H groups in total. The highest BCUT2D eigenvalue weighted by molar-refractivity contribution is 5.43. The van der Waals surface area contributed by atoms with E-state index in [1.54, 1.807) is 6.33 Å². The van der Waals surface area contributed by atoms with Gasteiger partial charge < -0.3 is 9.64 Å². The molecule has 0 radical (unpaired) electrons. The zero-order valence-electron chi connectivity index (χ0n) is 10.6. The van der Waals surface area contributed by atoms with Crippen molar-refractivity contribution in [3.05, 3.63) is 18.1 Å². The molecule has 2 heterocycles. The Balaban J connectivity index is 1.89. The number of nitrogens with zero attached hydrogens (tertiary/aromatic N) is 3. The molecule has 4 nitrogen and oxygen atoms in total. The highest BCUT2D eigenvalue weighted by Crippen LogP contribution is 2.33. The van der Waals surface area contributed by atoms with Gasteiger partial charge in [-0.15, -0.1) is 0 Å². The van der Waals surface area contributed by atoms with E-state index in [1.165, 1.54) is 6.42 Å². The SMILES string of the molecule is Cc1cc(N(C2CCC2)[C@@H]2COC[C@H]2F)ncn1. The normalized spacial score (nSPS) is 28.1. The Morgan fingerprint density at radius 1 is 1.33 bits per heavy atom. The van der Waals surface area contributed by atoms with Crippen molar-refractivity contribution in [1.29, 1.82) is 0 Å². The second-order valence-corrected chi connectivity index (χ2v) is 5.13. The average Bonchev–Trinajstić information content (AvgIpc) is 2.69. The fourth-order valence-electron chi connectivity index (χ4n) is 2.65. The van der Waals surface area contributed by atoms with E-state index in [9.17, 15) is 4.39 Å². The molecule has 0 amide bonds. The van der Waals surface area contributed by atoms with Gasteiger partial charge in [-0.3, -0.25) is 0 Å². The van der Waals surface area contributed by atoms with E-state index in [-0.39, 0.29) is 12.6 Å². The van der Waals surface area contributed by atoms with E-state index in [2.05, 4.69) is 14.9 Å². The lowest BCUT2D eigenvalue weighted by Gasteiger charge is -2.42. The number of ether oxygens (including phenoxy) is 1.